The first-order valence-electron chi connectivity index (χ1n) is 10.2. The van der Waals surface area contributed by atoms with Gasteiger partial charge in [-0.3, -0.25) is 9.36 Å². The number of carbonyl (C=O) groups is 1. The number of para-hydroxylation sites is 1. The average molecular weight is 419 g/mol. The average Bonchev–Trinajstić information content (AvgIpc) is 3.42. The topological polar surface area (TPSA) is 83.0 Å². The molecule has 2 aliphatic carbocycles. The summed E-state index contributed by atoms with van der Waals surface area (Å²) in [6, 6.07) is 6.60. The van der Waals surface area contributed by atoms with E-state index in [1.54, 1.807) is 18.2 Å². The molecule has 0 aliphatic heterocycles. The number of hydrogen-bond acceptors (Lipinski definition) is 5. The van der Waals surface area contributed by atoms with Crippen LogP contribution >= 0.6 is 11.8 Å². The molecular formula is C21H27FN4O2S. The largest absolute Gasteiger partial charge is 0.483 e. The third-order valence-corrected chi connectivity index (χ3v) is 7.27. The summed E-state index contributed by atoms with van der Waals surface area (Å²) in [7, 11) is 0. The van der Waals surface area contributed by atoms with E-state index in [1.807, 2.05) is 0 Å². The normalized spacial score (nSPS) is 24.0. The predicted molar refractivity (Wildman–Crippen MR) is 109 cm³/mol. The van der Waals surface area contributed by atoms with Gasteiger partial charge in [0.25, 0.3) is 0 Å². The fraction of sp³-hybridized carbons (Fsp3) is 0.571. The highest BCUT2D eigenvalue weighted by molar-refractivity contribution is 7.99. The van der Waals surface area contributed by atoms with Gasteiger partial charge >= 0.3 is 0 Å². The molecule has 2 bridgehead atoms. The van der Waals surface area contributed by atoms with Gasteiger partial charge in [0.05, 0.1) is 0 Å². The number of halogens is 1. The maximum Gasteiger partial charge on any atom is 0.218 e. The van der Waals surface area contributed by atoms with Crippen LogP contribution in [0.5, 0.6) is 5.75 Å². The molecule has 4 rings (SSSR count). The fourth-order valence-corrected chi connectivity index (χ4v) is 5.93. The van der Waals surface area contributed by atoms with Crippen molar-refractivity contribution in [2.45, 2.75) is 56.8 Å². The molecule has 2 aromatic rings. The minimum absolute atomic E-state index is 0.148. The third-order valence-electron chi connectivity index (χ3n) is 6.33. The number of fused-ring (bicyclic) bond motifs is 2. The first kappa shape index (κ1) is 20.2. The Kier molecular flexibility index (Phi) is 6.08. The van der Waals surface area contributed by atoms with Crippen LogP contribution in [0.1, 0.15) is 50.9 Å². The van der Waals surface area contributed by atoms with E-state index in [2.05, 4.69) is 21.7 Å². The molecule has 156 valence electrons. The summed E-state index contributed by atoms with van der Waals surface area (Å²) >= 11 is 1.49. The molecule has 1 aromatic carbocycles. The SMILES string of the molecule is C[C@@H]([C@H]1C[C@H]2CC[C@H]1C2)n1c(COc2ccccc2F)nnc1SCCC(N)=O. The third kappa shape index (κ3) is 4.42. The molecule has 2 fully saturated rings. The van der Waals surface area contributed by atoms with Crippen molar-refractivity contribution in [1.82, 2.24) is 14.8 Å². The van der Waals surface area contributed by atoms with Crippen molar-refractivity contribution >= 4 is 17.7 Å². The van der Waals surface area contributed by atoms with Crippen LogP contribution in [0.25, 0.3) is 0 Å². The molecule has 8 heteroatoms. The number of hydrogen-bond donors (Lipinski definition) is 1. The Hall–Kier alpha value is -2.09. The van der Waals surface area contributed by atoms with E-state index in [-0.39, 0.29) is 24.3 Å². The fourth-order valence-electron chi connectivity index (χ4n) is 4.94. The van der Waals surface area contributed by atoms with Gasteiger partial charge in [-0.25, -0.2) is 4.39 Å². The van der Waals surface area contributed by atoms with E-state index in [0.717, 1.165) is 17.0 Å². The number of thioether (sulfide) groups is 1. The second kappa shape index (κ2) is 8.73. The molecule has 29 heavy (non-hydrogen) atoms. The summed E-state index contributed by atoms with van der Waals surface area (Å²) in [6.45, 7) is 2.37. The van der Waals surface area contributed by atoms with Crippen LogP contribution in [0.4, 0.5) is 4.39 Å². The Morgan fingerprint density at radius 3 is 2.86 bits per heavy atom. The molecule has 0 saturated heterocycles. The maximum absolute atomic E-state index is 13.9. The molecule has 6 nitrogen and oxygen atoms in total. The highest BCUT2D eigenvalue weighted by Crippen LogP contribution is 2.52. The predicted octanol–water partition coefficient (Wildman–Crippen LogP) is 3.96. The Morgan fingerprint density at radius 2 is 2.17 bits per heavy atom. The monoisotopic (exact) mass is 418 g/mol. The van der Waals surface area contributed by atoms with E-state index in [4.69, 9.17) is 10.5 Å². The maximum atomic E-state index is 13.9. The molecule has 0 spiro atoms. The summed E-state index contributed by atoms with van der Waals surface area (Å²) in [6.07, 6.45) is 5.50. The Bertz CT molecular complexity index is 874. The van der Waals surface area contributed by atoms with Crippen molar-refractivity contribution < 1.29 is 13.9 Å². The van der Waals surface area contributed by atoms with Crippen molar-refractivity contribution in [3.8, 4) is 5.75 Å². The summed E-state index contributed by atoms with van der Waals surface area (Å²) in [5, 5.41) is 9.47. The van der Waals surface area contributed by atoms with Crippen molar-refractivity contribution in [2.75, 3.05) is 5.75 Å². The van der Waals surface area contributed by atoms with Gasteiger partial charge in [-0.15, -0.1) is 10.2 Å². The van der Waals surface area contributed by atoms with Crippen molar-refractivity contribution in [2.24, 2.45) is 23.5 Å². The first-order valence-corrected chi connectivity index (χ1v) is 11.2. The number of nitrogens with zero attached hydrogens (tertiary/aromatic N) is 3. The van der Waals surface area contributed by atoms with Crippen molar-refractivity contribution in [1.29, 1.82) is 0 Å². The summed E-state index contributed by atoms with van der Waals surface area (Å²) < 4.78 is 21.8. The summed E-state index contributed by atoms with van der Waals surface area (Å²) in [4.78, 5) is 11.1. The van der Waals surface area contributed by atoms with E-state index in [1.165, 1.54) is 43.5 Å². The number of carbonyl (C=O) groups excluding carboxylic acids is 1. The van der Waals surface area contributed by atoms with Crippen LogP contribution in [0, 0.1) is 23.6 Å². The highest BCUT2D eigenvalue weighted by atomic mass is 32.2. The standard InChI is InChI=1S/C21H27FN4O2S/c1-13(16-11-14-6-7-15(16)10-14)26-20(12-28-18-5-3-2-4-17(18)22)24-25-21(26)29-9-8-19(23)27/h2-5,13-16H,6-12H2,1H3,(H2,23,27)/t13-,14-,15-,16+/m0/s1. The Labute approximate surface area is 174 Å². The zero-order valence-electron chi connectivity index (χ0n) is 16.6. The van der Waals surface area contributed by atoms with Crippen LogP contribution < -0.4 is 10.5 Å². The lowest BCUT2D eigenvalue weighted by Gasteiger charge is -2.30. The molecule has 2 N–H and O–H groups in total. The van der Waals surface area contributed by atoms with Gasteiger partial charge in [0.15, 0.2) is 22.5 Å². The lowest BCUT2D eigenvalue weighted by atomic mass is 9.84. The number of primary amides is 1. The smallest absolute Gasteiger partial charge is 0.218 e. The van der Waals surface area contributed by atoms with Crippen molar-refractivity contribution in [3.05, 3.63) is 35.9 Å². The van der Waals surface area contributed by atoms with Crippen LogP contribution in [0.2, 0.25) is 0 Å². The number of nitrogens with two attached hydrogens (primary N) is 1. The van der Waals surface area contributed by atoms with Crippen LogP contribution in [0.15, 0.2) is 29.4 Å². The van der Waals surface area contributed by atoms with Crippen molar-refractivity contribution in [3.63, 3.8) is 0 Å². The zero-order valence-corrected chi connectivity index (χ0v) is 17.4. The first-order chi connectivity index (χ1) is 14.0. The zero-order chi connectivity index (χ0) is 20.4. The van der Waals surface area contributed by atoms with Gasteiger partial charge in [0.2, 0.25) is 5.91 Å². The second-order valence-electron chi connectivity index (χ2n) is 8.13. The Balaban J connectivity index is 1.54. The molecule has 4 atom stereocenters. The molecule has 1 amide bonds. The van der Waals surface area contributed by atoms with E-state index in [0.29, 0.717) is 23.9 Å². The summed E-state index contributed by atoms with van der Waals surface area (Å²) in [5.74, 6) is 2.92. The summed E-state index contributed by atoms with van der Waals surface area (Å²) in [5.41, 5.74) is 5.28. The quantitative estimate of drug-likeness (QED) is 0.623. The molecular weight excluding hydrogens is 391 g/mol. The molecule has 0 unspecified atom stereocenters. The Morgan fingerprint density at radius 1 is 1.34 bits per heavy atom. The lowest BCUT2D eigenvalue weighted by molar-refractivity contribution is -0.117. The number of rotatable bonds is 9. The molecule has 1 aromatic heterocycles. The highest BCUT2D eigenvalue weighted by Gasteiger charge is 2.43. The number of aromatic nitrogens is 3. The van der Waals surface area contributed by atoms with Crippen LogP contribution in [0.3, 0.4) is 0 Å². The van der Waals surface area contributed by atoms with E-state index < -0.39 is 5.82 Å². The molecule has 1 heterocycles. The lowest BCUT2D eigenvalue weighted by Crippen LogP contribution is -2.24. The van der Waals surface area contributed by atoms with Gasteiger partial charge in [0, 0.05) is 18.2 Å². The van der Waals surface area contributed by atoms with Gasteiger partial charge in [-0.05, 0) is 56.1 Å². The second-order valence-corrected chi connectivity index (χ2v) is 9.19. The number of benzene rings is 1. The van der Waals surface area contributed by atoms with Crippen LogP contribution in [-0.2, 0) is 11.4 Å². The van der Waals surface area contributed by atoms with E-state index in [9.17, 15) is 9.18 Å². The number of amides is 1. The van der Waals surface area contributed by atoms with Gasteiger partial charge in [-0.1, -0.05) is 30.3 Å². The molecule has 0 radical (unpaired) electrons. The van der Waals surface area contributed by atoms with Gasteiger partial charge in [-0.2, -0.15) is 0 Å². The molecule has 2 saturated carbocycles. The molecule has 2 aliphatic rings. The minimum atomic E-state index is -0.393. The minimum Gasteiger partial charge on any atom is -0.483 e. The van der Waals surface area contributed by atoms with Gasteiger partial charge in [0.1, 0.15) is 6.61 Å². The van der Waals surface area contributed by atoms with Crippen LogP contribution in [-0.4, -0.2) is 26.4 Å². The number of ether oxygens (including phenoxy) is 1. The van der Waals surface area contributed by atoms with E-state index >= 15 is 0 Å². The van der Waals surface area contributed by atoms with Gasteiger partial charge < -0.3 is 10.5 Å².